The Hall–Kier alpha value is -0.130. The molecular weight excluding hydrogens is 248 g/mol. The first-order valence-corrected chi connectivity index (χ1v) is 8.84. The van der Waals surface area contributed by atoms with Gasteiger partial charge in [-0.2, -0.15) is 0 Å². The molecule has 0 bridgehead atoms. The Bertz CT molecular complexity index is 311. The predicted molar refractivity (Wildman–Crippen MR) is 76.1 cm³/mol. The van der Waals surface area contributed by atoms with Crippen molar-refractivity contribution in [2.24, 2.45) is 5.92 Å². The monoisotopic (exact) mass is 276 g/mol. The van der Waals surface area contributed by atoms with E-state index in [4.69, 9.17) is 0 Å². The van der Waals surface area contributed by atoms with Crippen molar-refractivity contribution in [3.63, 3.8) is 0 Å². The van der Waals surface area contributed by atoms with Crippen LogP contribution in [0.15, 0.2) is 0 Å². The minimum Gasteiger partial charge on any atom is -0.315 e. The predicted octanol–water partition coefficient (Wildman–Crippen LogP) is 1.87. The number of piperidine rings is 1. The van der Waals surface area contributed by atoms with Crippen LogP contribution in [0.3, 0.4) is 0 Å². The van der Waals surface area contributed by atoms with Crippen molar-refractivity contribution in [2.75, 3.05) is 19.6 Å². The van der Waals surface area contributed by atoms with Crippen LogP contribution in [-0.2, 0) is 10.0 Å². The molecule has 1 aliphatic rings. The minimum absolute atomic E-state index is 0.241. The molecule has 0 radical (unpaired) electrons. The van der Waals surface area contributed by atoms with Crippen LogP contribution in [0, 0.1) is 5.92 Å². The zero-order valence-corrected chi connectivity index (χ0v) is 12.6. The largest absolute Gasteiger partial charge is 0.315 e. The van der Waals surface area contributed by atoms with Gasteiger partial charge in [0.25, 0.3) is 0 Å². The fourth-order valence-corrected chi connectivity index (χ4v) is 3.90. The van der Waals surface area contributed by atoms with Crippen molar-refractivity contribution < 1.29 is 8.42 Å². The molecule has 0 amide bonds. The van der Waals surface area contributed by atoms with Gasteiger partial charge in [-0.1, -0.05) is 33.1 Å². The molecule has 0 spiro atoms. The summed E-state index contributed by atoms with van der Waals surface area (Å²) in [5, 5.41) is 2.92. The standard InChI is InChI=1S/C13H28N2O2S/c1-3-5-7-12(4-2)10-15-18(16,17)13-8-6-9-14-11-13/h12-15H,3-11H2,1-2H3. The molecule has 5 heteroatoms. The van der Waals surface area contributed by atoms with Gasteiger partial charge >= 0.3 is 0 Å². The zero-order valence-electron chi connectivity index (χ0n) is 11.7. The summed E-state index contributed by atoms with van der Waals surface area (Å²) in [5.41, 5.74) is 0. The van der Waals surface area contributed by atoms with Gasteiger partial charge in [0.1, 0.15) is 0 Å². The molecule has 2 unspecified atom stereocenters. The molecule has 4 nitrogen and oxygen atoms in total. The summed E-state index contributed by atoms with van der Waals surface area (Å²) in [6.45, 7) is 6.46. The van der Waals surface area contributed by atoms with Gasteiger partial charge in [-0.3, -0.25) is 0 Å². The Morgan fingerprint density at radius 1 is 1.39 bits per heavy atom. The molecular formula is C13H28N2O2S. The lowest BCUT2D eigenvalue weighted by Crippen LogP contribution is -2.45. The normalized spacial score (nSPS) is 22.9. The van der Waals surface area contributed by atoms with E-state index in [9.17, 15) is 8.42 Å². The van der Waals surface area contributed by atoms with Crippen LogP contribution in [0.1, 0.15) is 52.4 Å². The van der Waals surface area contributed by atoms with E-state index in [0.717, 1.165) is 32.2 Å². The molecule has 1 aliphatic heterocycles. The Balaban J connectivity index is 2.39. The Labute approximate surface area is 112 Å². The molecule has 0 aromatic heterocycles. The van der Waals surface area contributed by atoms with Gasteiger partial charge in [0.05, 0.1) is 5.25 Å². The first-order valence-electron chi connectivity index (χ1n) is 7.29. The molecule has 108 valence electrons. The summed E-state index contributed by atoms with van der Waals surface area (Å²) in [7, 11) is -3.13. The highest BCUT2D eigenvalue weighted by Crippen LogP contribution is 2.14. The van der Waals surface area contributed by atoms with Crippen molar-refractivity contribution in [3.8, 4) is 0 Å². The van der Waals surface area contributed by atoms with E-state index in [0.29, 0.717) is 19.0 Å². The third-order valence-electron chi connectivity index (χ3n) is 3.81. The topological polar surface area (TPSA) is 58.2 Å². The average molecular weight is 276 g/mol. The highest BCUT2D eigenvalue weighted by atomic mass is 32.2. The fourth-order valence-electron chi connectivity index (χ4n) is 2.38. The van der Waals surface area contributed by atoms with E-state index in [2.05, 4.69) is 23.9 Å². The third-order valence-corrected chi connectivity index (χ3v) is 5.66. The van der Waals surface area contributed by atoms with Gasteiger partial charge < -0.3 is 5.32 Å². The van der Waals surface area contributed by atoms with Gasteiger partial charge in [0, 0.05) is 13.1 Å². The highest BCUT2D eigenvalue weighted by molar-refractivity contribution is 7.90. The zero-order chi connectivity index (χ0) is 13.4. The molecule has 1 fully saturated rings. The van der Waals surface area contributed by atoms with E-state index in [1.807, 2.05) is 0 Å². The maximum absolute atomic E-state index is 12.1. The van der Waals surface area contributed by atoms with Crippen LogP contribution >= 0.6 is 0 Å². The van der Waals surface area contributed by atoms with Gasteiger partial charge in [-0.05, 0) is 31.7 Å². The Kier molecular flexibility index (Phi) is 7.19. The molecule has 1 saturated heterocycles. The lowest BCUT2D eigenvalue weighted by molar-refractivity contribution is 0.436. The quantitative estimate of drug-likeness (QED) is 0.711. The van der Waals surface area contributed by atoms with Crippen molar-refractivity contribution in [2.45, 2.75) is 57.6 Å². The summed E-state index contributed by atoms with van der Waals surface area (Å²) in [4.78, 5) is 0. The van der Waals surface area contributed by atoms with Crippen LogP contribution in [0.2, 0.25) is 0 Å². The summed E-state index contributed by atoms with van der Waals surface area (Å²) in [5.74, 6) is 0.483. The Morgan fingerprint density at radius 3 is 2.72 bits per heavy atom. The van der Waals surface area contributed by atoms with Crippen LogP contribution in [0.4, 0.5) is 0 Å². The lowest BCUT2D eigenvalue weighted by atomic mass is 10.00. The van der Waals surface area contributed by atoms with E-state index in [1.165, 1.54) is 12.8 Å². The van der Waals surface area contributed by atoms with E-state index in [-0.39, 0.29) is 5.25 Å². The van der Waals surface area contributed by atoms with Crippen molar-refractivity contribution >= 4 is 10.0 Å². The first-order chi connectivity index (χ1) is 8.60. The van der Waals surface area contributed by atoms with E-state index >= 15 is 0 Å². The maximum atomic E-state index is 12.1. The fraction of sp³-hybridized carbons (Fsp3) is 1.00. The first kappa shape index (κ1) is 15.9. The average Bonchev–Trinajstić information content (AvgIpc) is 2.40. The smallest absolute Gasteiger partial charge is 0.215 e. The van der Waals surface area contributed by atoms with Crippen molar-refractivity contribution in [1.82, 2.24) is 10.0 Å². The van der Waals surface area contributed by atoms with Crippen molar-refractivity contribution in [3.05, 3.63) is 0 Å². The van der Waals surface area contributed by atoms with Crippen LogP contribution in [-0.4, -0.2) is 33.3 Å². The molecule has 0 aromatic rings. The number of unbranched alkanes of at least 4 members (excludes halogenated alkanes) is 1. The number of hydrogen-bond donors (Lipinski definition) is 2. The second kappa shape index (κ2) is 8.12. The van der Waals surface area contributed by atoms with E-state index < -0.39 is 10.0 Å². The van der Waals surface area contributed by atoms with Gasteiger partial charge in [0.15, 0.2) is 0 Å². The molecule has 1 rings (SSSR count). The molecule has 0 aromatic carbocycles. The van der Waals surface area contributed by atoms with Gasteiger partial charge in [-0.15, -0.1) is 0 Å². The maximum Gasteiger partial charge on any atom is 0.215 e. The summed E-state index contributed by atoms with van der Waals surface area (Å²) >= 11 is 0. The molecule has 2 N–H and O–H groups in total. The summed E-state index contributed by atoms with van der Waals surface area (Å²) < 4.78 is 27.1. The SMILES string of the molecule is CCCCC(CC)CNS(=O)(=O)C1CCCNC1. The molecule has 0 saturated carbocycles. The summed E-state index contributed by atoms with van der Waals surface area (Å²) in [6, 6.07) is 0. The highest BCUT2D eigenvalue weighted by Gasteiger charge is 2.27. The second-order valence-electron chi connectivity index (χ2n) is 5.28. The number of sulfonamides is 1. The molecule has 18 heavy (non-hydrogen) atoms. The lowest BCUT2D eigenvalue weighted by Gasteiger charge is -2.24. The van der Waals surface area contributed by atoms with Gasteiger partial charge in [-0.25, -0.2) is 13.1 Å². The second-order valence-corrected chi connectivity index (χ2v) is 7.32. The van der Waals surface area contributed by atoms with Gasteiger partial charge in [0.2, 0.25) is 10.0 Å². The van der Waals surface area contributed by atoms with E-state index in [1.54, 1.807) is 0 Å². The van der Waals surface area contributed by atoms with Crippen LogP contribution < -0.4 is 10.0 Å². The van der Waals surface area contributed by atoms with Crippen LogP contribution in [0.5, 0.6) is 0 Å². The Morgan fingerprint density at radius 2 is 2.17 bits per heavy atom. The third kappa shape index (κ3) is 5.24. The summed E-state index contributed by atoms with van der Waals surface area (Å²) in [6.07, 6.45) is 6.28. The van der Waals surface area contributed by atoms with Crippen molar-refractivity contribution in [1.29, 1.82) is 0 Å². The number of hydrogen-bond acceptors (Lipinski definition) is 3. The molecule has 2 atom stereocenters. The van der Waals surface area contributed by atoms with Crippen LogP contribution in [0.25, 0.3) is 0 Å². The molecule has 0 aliphatic carbocycles. The number of nitrogens with one attached hydrogen (secondary N) is 2. The molecule has 1 heterocycles. The number of rotatable bonds is 8. The minimum atomic E-state index is -3.13.